The zero-order chi connectivity index (χ0) is 17.7. The number of nitrogens with zero attached hydrogens (tertiary/aromatic N) is 1. The maximum Gasteiger partial charge on any atom is 0.331 e. The molecule has 0 spiro atoms. The number of esters is 1. The van der Waals surface area contributed by atoms with E-state index in [1.54, 1.807) is 6.07 Å². The molecule has 1 heterocycles. The normalized spacial score (nSPS) is 13.9. The molecule has 1 fully saturated rings. The predicted octanol–water partition coefficient (Wildman–Crippen LogP) is 1.27. The van der Waals surface area contributed by atoms with Crippen LogP contribution in [0.3, 0.4) is 0 Å². The molecular weight excluding hydrogens is 384 g/mol. The Hall–Kier alpha value is -2.55. The number of aromatic hydroxyl groups is 1. The van der Waals surface area contributed by atoms with Crippen LogP contribution in [0.2, 0.25) is 0 Å². The van der Waals surface area contributed by atoms with Crippen LogP contribution in [-0.2, 0) is 14.3 Å². The van der Waals surface area contributed by atoms with Crippen LogP contribution in [0.15, 0.2) is 22.7 Å². The Morgan fingerprint density at radius 2 is 2.21 bits per heavy atom. The highest BCUT2D eigenvalue weighted by atomic mass is 79.9. The van der Waals surface area contributed by atoms with Gasteiger partial charge < -0.3 is 19.9 Å². The fourth-order valence-electron chi connectivity index (χ4n) is 1.98. The van der Waals surface area contributed by atoms with Crippen molar-refractivity contribution in [3.05, 3.63) is 28.2 Å². The van der Waals surface area contributed by atoms with Crippen LogP contribution in [0.5, 0.6) is 11.5 Å². The largest absolute Gasteiger partial charge is 0.503 e. The third-order valence-corrected chi connectivity index (χ3v) is 3.78. The van der Waals surface area contributed by atoms with Gasteiger partial charge in [0.25, 0.3) is 5.91 Å². The van der Waals surface area contributed by atoms with E-state index in [0.29, 0.717) is 16.6 Å². The van der Waals surface area contributed by atoms with Crippen LogP contribution in [-0.4, -0.2) is 54.7 Å². The zero-order valence-electron chi connectivity index (χ0n) is 12.7. The standard InChI is InChI=1S/C15H15BrN2O6/c1-23-11-7-9(6-10(16)14(11)21)2-3-13(20)24-8-12(19)18-5-4-17-15(18)22/h2-3,6-7,21H,4-5,8H2,1H3,(H,17,22)/b3-2+. The van der Waals surface area contributed by atoms with Crippen LogP contribution in [0.4, 0.5) is 4.79 Å². The fraction of sp³-hybridized carbons (Fsp3) is 0.267. The van der Waals surface area contributed by atoms with Crippen molar-refractivity contribution in [3.63, 3.8) is 0 Å². The molecule has 0 radical (unpaired) electrons. The molecule has 8 nitrogen and oxygen atoms in total. The Kier molecular flexibility index (Phi) is 5.80. The molecule has 2 rings (SSSR count). The molecule has 9 heteroatoms. The van der Waals surface area contributed by atoms with Crippen molar-refractivity contribution in [1.29, 1.82) is 0 Å². The number of methoxy groups -OCH3 is 1. The first-order valence-corrected chi connectivity index (χ1v) is 7.71. The van der Waals surface area contributed by atoms with E-state index in [1.807, 2.05) is 0 Å². The molecular formula is C15H15BrN2O6. The van der Waals surface area contributed by atoms with Gasteiger partial charge in [-0.2, -0.15) is 0 Å². The van der Waals surface area contributed by atoms with Crippen LogP contribution in [0.1, 0.15) is 5.56 Å². The summed E-state index contributed by atoms with van der Waals surface area (Å²) in [5.41, 5.74) is 0.582. The minimum atomic E-state index is -0.730. The minimum Gasteiger partial charge on any atom is -0.503 e. The Bertz CT molecular complexity index is 703. The van der Waals surface area contributed by atoms with Crippen molar-refractivity contribution >= 4 is 39.9 Å². The van der Waals surface area contributed by atoms with E-state index < -0.39 is 24.5 Å². The zero-order valence-corrected chi connectivity index (χ0v) is 14.3. The average Bonchev–Trinajstić information content (AvgIpc) is 2.99. The summed E-state index contributed by atoms with van der Waals surface area (Å²) < 4.78 is 10.2. The second-order valence-electron chi connectivity index (χ2n) is 4.77. The van der Waals surface area contributed by atoms with Crippen LogP contribution in [0, 0.1) is 0 Å². The topological polar surface area (TPSA) is 105 Å². The Morgan fingerprint density at radius 3 is 2.83 bits per heavy atom. The number of halogens is 1. The van der Waals surface area contributed by atoms with Crippen LogP contribution in [0.25, 0.3) is 6.08 Å². The molecule has 1 saturated heterocycles. The molecule has 3 amide bonds. The number of hydrogen-bond donors (Lipinski definition) is 2. The van der Waals surface area contributed by atoms with E-state index in [0.717, 1.165) is 11.0 Å². The number of nitrogens with one attached hydrogen (secondary N) is 1. The number of phenolic OH excluding ortho intramolecular Hbond substituents is 1. The molecule has 24 heavy (non-hydrogen) atoms. The van der Waals surface area contributed by atoms with Crippen molar-refractivity contribution < 1.29 is 29.0 Å². The Labute approximate surface area is 146 Å². The number of hydrogen-bond acceptors (Lipinski definition) is 6. The maximum absolute atomic E-state index is 11.7. The second-order valence-corrected chi connectivity index (χ2v) is 5.63. The summed E-state index contributed by atoms with van der Waals surface area (Å²) in [5, 5.41) is 12.2. The van der Waals surface area contributed by atoms with Gasteiger partial charge in [0.05, 0.1) is 11.6 Å². The number of amides is 3. The van der Waals surface area contributed by atoms with E-state index in [9.17, 15) is 19.5 Å². The maximum atomic E-state index is 11.7. The first-order valence-electron chi connectivity index (χ1n) is 6.92. The van der Waals surface area contributed by atoms with Gasteiger partial charge in [-0.1, -0.05) is 0 Å². The van der Waals surface area contributed by atoms with Gasteiger partial charge in [-0.3, -0.25) is 9.69 Å². The number of carbonyl (C=O) groups excluding carboxylic acids is 3. The highest BCUT2D eigenvalue weighted by molar-refractivity contribution is 9.10. The van der Waals surface area contributed by atoms with Gasteiger partial charge in [0.15, 0.2) is 18.1 Å². The molecule has 0 bridgehead atoms. The van der Waals surface area contributed by atoms with Crippen molar-refractivity contribution in [3.8, 4) is 11.5 Å². The summed E-state index contributed by atoms with van der Waals surface area (Å²) in [6, 6.07) is 2.62. The second kappa shape index (κ2) is 7.82. The average molecular weight is 399 g/mol. The number of phenols is 1. The third-order valence-electron chi connectivity index (χ3n) is 3.18. The number of carbonyl (C=O) groups is 3. The van der Waals surface area contributed by atoms with Crippen molar-refractivity contribution in [2.45, 2.75) is 0 Å². The van der Waals surface area contributed by atoms with Crippen LogP contribution < -0.4 is 10.1 Å². The highest BCUT2D eigenvalue weighted by Crippen LogP contribution is 2.35. The SMILES string of the molecule is COc1cc(/C=C/C(=O)OCC(=O)N2CCNC2=O)cc(Br)c1O. The molecule has 0 unspecified atom stereocenters. The molecule has 1 aromatic rings. The van der Waals surface area contributed by atoms with E-state index in [2.05, 4.69) is 21.2 Å². The summed E-state index contributed by atoms with van der Waals surface area (Å²) in [7, 11) is 1.41. The van der Waals surface area contributed by atoms with Gasteiger partial charge in [-0.25, -0.2) is 9.59 Å². The lowest BCUT2D eigenvalue weighted by atomic mass is 10.2. The quantitative estimate of drug-likeness (QED) is 0.571. The molecule has 128 valence electrons. The molecule has 1 aromatic carbocycles. The summed E-state index contributed by atoms with van der Waals surface area (Å²) in [6.45, 7) is 0.127. The Morgan fingerprint density at radius 1 is 1.46 bits per heavy atom. The molecule has 0 aliphatic carbocycles. The summed E-state index contributed by atoms with van der Waals surface area (Å²) in [5.74, 6) is -1.12. The van der Waals surface area contributed by atoms with Crippen molar-refractivity contribution in [2.75, 3.05) is 26.8 Å². The monoisotopic (exact) mass is 398 g/mol. The molecule has 0 aromatic heterocycles. The van der Waals surface area contributed by atoms with E-state index in [-0.39, 0.29) is 18.0 Å². The van der Waals surface area contributed by atoms with Crippen molar-refractivity contribution in [2.24, 2.45) is 0 Å². The molecule has 2 N–H and O–H groups in total. The highest BCUT2D eigenvalue weighted by Gasteiger charge is 2.26. The van der Waals surface area contributed by atoms with Crippen LogP contribution >= 0.6 is 15.9 Å². The molecule has 1 aliphatic rings. The molecule has 0 atom stereocenters. The number of ether oxygens (including phenoxy) is 2. The van der Waals surface area contributed by atoms with Gasteiger partial charge in [0, 0.05) is 19.2 Å². The summed E-state index contributed by atoms with van der Waals surface area (Å²) in [4.78, 5) is 35.6. The Balaban J connectivity index is 1.92. The van der Waals surface area contributed by atoms with Gasteiger partial charge >= 0.3 is 12.0 Å². The van der Waals surface area contributed by atoms with Gasteiger partial charge in [-0.15, -0.1) is 0 Å². The molecule has 0 saturated carbocycles. The first kappa shape index (κ1) is 17.8. The van der Waals surface area contributed by atoms with E-state index in [1.165, 1.54) is 19.3 Å². The summed E-state index contributed by atoms with van der Waals surface area (Å²) >= 11 is 3.17. The van der Waals surface area contributed by atoms with Crippen molar-refractivity contribution in [1.82, 2.24) is 10.2 Å². The van der Waals surface area contributed by atoms with E-state index in [4.69, 9.17) is 9.47 Å². The number of benzene rings is 1. The van der Waals surface area contributed by atoms with Gasteiger partial charge in [0.2, 0.25) is 0 Å². The summed E-state index contributed by atoms with van der Waals surface area (Å²) in [6.07, 6.45) is 2.58. The predicted molar refractivity (Wildman–Crippen MR) is 87.5 cm³/mol. The lowest BCUT2D eigenvalue weighted by Crippen LogP contribution is -2.37. The lowest BCUT2D eigenvalue weighted by molar-refractivity contribution is -0.146. The first-order chi connectivity index (χ1) is 11.4. The smallest absolute Gasteiger partial charge is 0.331 e. The number of rotatable bonds is 5. The number of imide groups is 1. The lowest BCUT2D eigenvalue weighted by Gasteiger charge is -2.11. The van der Waals surface area contributed by atoms with E-state index >= 15 is 0 Å². The fourth-order valence-corrected chi connectivity index (χ4v) is 2.44. The third kappa shape index (κ3) is 4.25. The molecule has 1 aliphatic heterocycles. The van der Waals surface area contributed by atoms with Gasteiger partial charge in [0.1, 0.15) is 0 Å². The van der Waals surface area contributed by atoms with Gasteiger partial charge in [-0.05, 0) is 39.7 Å². The minimum absolute atomic E-state index is 0.0493. The number of urea groups is 1.